The number of hydrogen-bond acceptors (Lipinski definition) is 8. The van der Waals surface area contributed by atoms with Crippen molar-refractivity contribution < 1.29 is 14.5 Å². The predicted molar refractivity (Wildman–Crippen MR) is 89.9 cm³/mol. The molecule has 26 heavy (non-hydrogen) atoms. The van der Waals surface area contributed by atoms with Crippen molar-refractivity contribution in [3.63, 3.8) is 0 Å². The molecule has 11 heteroatoms. The number of non-ortho nitro benzene ring substituents is 1. The Balaban J connectivity index is 1.70. The lowest BCUT2D eigenvalue weighted by Crippen LogP contribution is -2.30. The van der Waals surface area contributed by atoms with E-state index in [0.717, 1.165) is 0 Å². The van der Waals surface area contributed by atoms with Gasteiger partial charge in [0, 0.05) is 30.6 Å². The summed E-state index contributed by atoms with van der Waals surface area (Å²) in [7, 11) is 1.46. The van der Waals surface area contributed by atoms with Crippen LogP contribution in [0.1, 0.15) is 10.5 Å². The number of nitrogens with one attached hydrogen (secondary N) is 2. The van der Waals surface area contributed by atoms with E-state index in [1.54, 1.807) is 12.1 Å². The Morgan fingerprint density at radius 3 is 2.92 bits per heavy atom. The van der Waals surface area contributed by atoms with Crippen molar-refractivity contribution in [3.05, 3.63) is 64.6 Å². The van der Waals surface area contributed by atoms with Crippen molar-refractivity contribution in [1.82, 2.24) is 25.2 Å². The quantitative estimate of drug-likeness (QED) is 0.499. The number of anilines is 1. The highest BCUT2D eigenvalue weighted by atomic mass is 16.6. The number of ether oxygens (including phenoxy) is 1. The molecule has 2 N–H and O–H groups in total. The van der Waals surface area contributed by atoms with E-state index < -0.39 is 10.8 Å². The Bertz CT molecular complexity index is 956. The zero-order valence-electron chi connectivity index (χ0n) is 13.5. The molecule has 2 heterocycles. The number of aromatic nitrogens is 4. The summed E-state index contributed by atoms with van der Waals surface area (Å²) < 4.78 is 6.32. The third kappa shape index (κ3) is 3.72. The molecule has 2 aromatic heterocycles. The van der Waals surface area contributed by atoms with Crippen LogP contribution in [-0.2, 0) is 0 Å². The van der Waals surface area contributed by atoms with Crippen molar-refractivity contribution in [1.29, 1.82) is 0 Å². The summed E-state index contributed by atoms with van der Waals surface area (Å²) in [6.07, 6.45) is 2.99. The van der Waals surface area contributed by atoms with E-state index in [-0.39, 0.29) is 17.3 Å². The van der Waals surface area contributed by atoms with Crippen LogP contribution in [0.5, 0.6) is 5.88 Å². The number of hydrazine groups is 1. The molecule has 132 valence electrons. The molecule has 0 aliphatic carbocycles. The molecule has 0 bridgehead atoms. The maximum Gasteiger partial charge on any atom is 0.290 e. The SMILES string of the molecule is COc1ccnc(NNC(=O)c2ccn(-c3cccc([N+](=O)[O-])c3)n2)n1. The molecule has 0 radical (unpaired) electrons. The van der Waals surface area contributed by atoms with Crippen LogP contribution in [0.25, 0.3) is 5.69 Å². The van der Waals surface area contributed by atoms with Gasteiger partial charge in [-0.2, -0.15) is 10.1 Å². The first kappa shape index (κ1) is 16.8. The Morgan fingerprint density at radius 1 is 1.31 bits per heavy atom. The second kappa shape index (κ2) is 7.25. The minimum absolute atomic E-state index is 0.0687. The molecule has 0 aliphatic heterocycles. The first-order chi connectivity index (χ1) is 12.6. The molecule has 0 aliphatic rings. The van der Waals surface area contributed by atoms with Gasteiger partial charge in [0.05, 0.1) is 17.7 Å². The van der Waals surface area contributed by atoms with Crippen molar-refractivity contribution in [2.45, 2.75) is 0 Å². The minimum Gasteiger partial charge on any atom is -0.481 e. The van der Waals surface area contributed by atoms with Crippen LogP contribution in [0.15, 0.2) is 48.8 Å². The van der Waals surface area contributed by atoms with Crippen LogP contribution in [0.3, 0.4) is 0 Å². The molecule has 0 spiro atoms. The second-order valence-electron chi connectivity index (χ2n) is 4.92. The first-order valence-corrected chi connectivity index (χ1v) is 7.31. The lowest BCUT2D eigenvalue weighted by atomic mass is 10.3. The number of rotatable bonds is 6. The van der Waals surface area contributed by atoms with E-state index in [2.05, 4.69) is 25.9 Å². The highest BCUT2D eigenvalue weighted by Crippen LogP contribution is 2.16. The van der Waals surface area contributed by atoms with Gasteiger partial charge in [-0.3, -0.25) is 25.8 Å². The van der Waals surface area contributed by atoms with E-state index in [0.29, 0.717) is 11.6 Å². The minimum atomic E-state index is -0.527. The normalized spacial score (nSPS) is 10.2. The number of carbonyl (C=O) groups is 1. The van der Waals surface area contributed by atoms with Gasteiger partial charge >= 0.3 is 0 Å². The smallest absolute Gasteiger partial charge is 0.290 e. The summed E-state index contributed by atoms with van der Waals surface area (Å²) in [5, 5.41) is 14.9. The molecule has 0 saturated carbocycles. The average Bonchev–Trinajstić information content (AvgIpc) is 3.16. The maximum absolute atomic E-state index is 12.1. The average molecular weight is 355 g/mol. The van der Waals surface area contributed by atoms with E-state index in [9.17, 15) is 14.9 Å². The fourth-order valence-electron chi connectivity index (χ4n) is 2.03. The van der Waals surface area contributed by atoms with Crippen molar-refractivity contribution in [2.75, 3.05) is 12.5 Å². The largest absolute Gasteiger partial charge is 0.481 e. The van der Waals surface area contributed by atoms with Gasteiger partial charge < -0.3 is 4.74 Å². The molecule has 3 rings (SSSR count). The van der Waals surface area contributed by atoms with Gasteiger partial charge in [0.15, 0.2) is 5.69 Å². The number of hydrogen-bond donors (Lipinski definition) is 2. The molecule has 1 amide bonds. The number of benzene rings is 1. The first-order valence-electron chi connectivity index (χ1n) is 7.31. The Kier molecular flexibility index (Phi) is 4.69. The van der Waals surface area contributed by atoms with Crippen molar-refractivity contribution >= 4 is 17.5 Å². The van der Waals surface area contributed by atoms with Crippen LogP contribution >= 0.6 is 0 Å². The molecule has 0 fully saturated rings. The maximum atomic E-state index is 12.1. The van der Waals surface area contributed by atoms with E-state index in [4.69, 9.17) is 4.74 Å². The summed E-state index contributed by atoms with van der Waals surface area (Å²) in [5.41, 5.74) is 5.45. The zero-order chi connectivity index (χ0) is 18.5. The molecule has 0 unspecified atom stereocenters. The number of carbonyl (C=O) groups excluding carboxylic acids is 1. The van der Waals surface area contributed by atoms with Crippen LogP contribution in [0.2, 0.25) is 0 Å². The zero-order valence-corrected chi connectivity index (χ0v) is 13.5. The lowest BCUT2D eigenvalue weighted by Gasteiger charge is -2.06. The molecule has 11 nitrogen and oxygen atoms in total. The van der Waals surface area contributed by atoms with Crippen LogP contribution in [0, 0.1) is 10.1 Å². The van der Waals surface area contributed by atoms with Gasteiger partial charge in [0.1, 0.15) is 0 Å². The fourth-order valence-corrected chi connectivity index (χ4v) is 2.03. The molecule has 1 aromatic carbocycles. The molecule has 0 saturated heterocycles. The van der Waals surface area contributed by atoms with Crippen LogP contribution < -0.4 is 15.6 Å². The van der Waals surface area contributed by atoms with Gasteiger partial charge in [-0.1, -0.05) is 6.07 Å². The van der Waals surface area contributed by atoms with Gasteiger partial charge in [-0.25, -0.2) is 9.67 Å². The molecule has 0 atom stereocenters. The van der Waals surface area contributed by atoms with Crippen LogP contribution in [-0.4, -0.2) is 37.7 Å². The molecular formula is C15H13N7O4. The number of nitro benzene ring substituents is 1. The van der Waals surface area contributed by atoms with Gasteiger partial charge in [-0.05, 0) is 12.1 Å². The summed E-state index contributed by atoms with van der Waals surface area (Å²) in [6, 6.07) is 8.95. The van der Waals surface area contributed by atoms with Crippen LogP contribution in [0.4, 0.5) is 11.6 Å². The Hall–Kier alpha value is -4.02. The monoisotopic (exact) mass is 355 g/mol. The van der Waals surface area contributed by atoms with E-state index in [1.807, 2.05) is 0 Å². The van der Waals surface area contributed by atoms with E-state index in [1.165, 1.54) is 48.5 Å². The summed E-state index contributed by atoms with van der Waals surface area (Å²) in [4.78, 5) is 30.4. The lowest BCUT2D eigenvalue weighted by molar-refractivity contribution is -0.384. The van der Waals surface area contributed by atoms with Crippen molar-refractivity contribution in [3.8, 4) is 11.6 Å². The highest BCUT2D eigenvalue weighted by Gasteiger charge is 2.12. The van der Waals surface area contributed by atoms with Gasteiger partial charge in [-0.15, -0.1) is 0 Å². The summed E-state index contributed by atoms with van der Waals surface area (Å²) in [6.45, 7) is 0. The van der Waals surface area contributed by atoms with Gasteiger partial charge in [0.25, 0.3) is 11.6 Å². The number of nitro groups is 1. The third-order valence-corrected chi connectivity index (χ3v) is 3.25. The Morgan fingerprint density at radius 2 is 2.15 bits per heavy atom. The van der Waals surface area contributed by atoms with Crippen molar-refractivity contribution in [2.24, 2.45) is 0 Å². The van der Waals surface area contributed by atoms with Gasteiger partial charge in [0.2, 0.25) is 11.8 Å². The van der Waals surface area contributed by atoms with E-state index >= 15 is 0 Å². The fraction of sp³-hybridized carbons (Fsp3) is 0.0667. The topological polar surface area (TPSA) is 137 Å². The number of methoxy groups -OCH3 is 1. The number of amides is 1. The summed E-state index contributed by atoms with van der Waals surface area (Å²) in [5.74, 6) is -0.0388. The predicted octanol–water partition coefficient (Wildman–Crippen LogP) is 1.34. The molecule has 3 aromatic rings. The second-order valence-corrected chi connectivity index (χ2v) is 4.92. The number of nitrogens with zero attached hydrogens (tertiary/aromatic N) is 5. The Labute approximate surface area is 146 Å². The highest BCUT2D eigenvalue weighted by molar-refractivity contribution is 5.92. The third-order valence-electron chi connectivity index (χ3n) is 3.25. The summed E-state index contributed by atoms with van der Waals surface area (Å²) >= 11 is 0. The molecular weight excluding hydrogens is 342 g/mol. The standard InChI is InChI=1S/C15H13N7O4/c1-26-13-5-7-16-15(17-13)19-18-14(23)12-6-8-21(20-12)10-3-2-4-11(9-10)22(24)25/h2-9H,1H3,(H,18,23)(H,16,17,19).